The van der Waals surface area contributed by atoms with E-state index in [1.54, 1.807) is 0 Å². The van der Waals surface area contributed by atoms with Gasteiger partial charge in [0.15, 0.2) is 0 Å². The van der Waals surface area contributed by atoms with E-state index >= 15 is 0 Å². The van der Waals surface area contributed by atoms with Crippen LogP contribution >= 0.6 is 7.80 Å². The number of hydrogen-bond acceptors (Lipinski definition) is 2. The van der Waals surface area contributed by atoms with Crippen LogP contribution in [0.1, 0.15) is 20.8 Å². The maximum Gasteiger partial charge on any atom is 0.338 e. The monoisotopic (exact) mass is 165 g/mol. The Morgan fingerprint density at radius 2 is 1.60 bits per heavy atom. The fourth-order valence-corrected chi connectivity index (χ4v) is 0.671. The molecule has 0 rings (SSSR count). The molecule has 1 N–H and O–H groups in total. The Morgan fingerprint density at radius 1 is 1.40 bits per heavy atom. The molecule has 0 atom stereocenters. The van der Waals surface area contributed by atoms with E-state index < -0.39 is 13.8 Å². The van der Waals surface area contributed by atoms with Crippen molar-refractivity contribution < 1.29 is 14.5 Å². The zero-order valence-corrected chi connectivity index (χ0v) is 7.52. The number of hydrogen-bond donors (Lipinski definition) is 1. The second-order valence-corrected chi connectivity index (χ2v) is 3.86. The topological polar surface area (TPSA) is 54.4 Å². The third-order valence-corrected chi connectivity index (χ3v) is 2.12. The Bertz CT molecular complexity index is 102. The summed E-state index contributed by atoms with van der Waals surface area (Å²) in [5, 5.41) is 7.42. The van der Waals surface area contributed by atoms with Gasteiger partial charge in [-0.2, -0.15) is 0 Å². The van der Waals surface area contributed by atoms with Crippen molar-refractivity contribution in [3.8, 4) is 0 Å². The molecule has 0 aliphatic rings. The van der Waals surface area contributed by atoms with E-state index in [0.717, 1.165) is 19.2 Å². The number of carboxylic acid groups (broad SMARTS) is 1. The van der Waals surface area contributed by atoms with Crippen LogP contribution < -0.4 is 0 Å². The minimum Gasteiger partial charge on any atom is -0.481 e. The van der Waals surface area contributed by atoms with E-state index in [1.165, 1.54) is 0 Å². The predicted octanol–water partition coefficient (Wildman–Crippen LogP) is 1.94. The molecule has 0 amide bonds. The molecule has 0 spiro atoms. The molecule has 0 aliphatic heterocycles. The second kappa shape index (κ2) is 8.57. The molecule has 0 heterocycles. The highest BCUT2D eigenvalue weighted by Gasteiger charge is 2.02. The van der Waals surface area contributed by atoms with E-state index in [9.17, 15) is 4.57 Å². The first-order valence-corrected chi connectivity index (χ1v) is 4.79. The van der Waals surface area contributed by atoms with Crippen molar-refractivity contribution >= 4 is 13.8 Å². The predicted molar refractivity (Wildman–Crippen MR) is 42.0 cm³/mol. The average molecular weight is 165 g/mol. The lowest BCUT2D eigenvalue weighted by Gasteiger charge is -1.66. The lowest BCUT2D eigenvalue weighted by Crippen LogP contribution is -1.78. The van der Waals surface area contributed by atoms with E-state index in [-0.39, 0.29) is 0 Å². The molecule has 10 heavy (non-hydrogen) atoms. The van der Waals surface area contributed by atoms with Gasteiger partial charge < -0.3 is 5.11 Å². The van der Waals surface area contributed by atoms with Gasteiger partial charge in [0, 0.05) is 6.92 Å². The van der Waals surface area contributed by atoms with Crippen LogP contribution in [0.3, 0.4) is 0 Å². The van der Waals surface area contributed by atoms with Crippen molar-refractivity contribution in [2.45, 2.75) is 20.8 Å². The standard InChI is InChI=1S/C4H10OP.C2H4O2/c1-3-6(5)4-2;1-2(3)4/h3-4H2,1-2H3;1H3,(H,3,4)/q+1;. The summed E-state index contributed by atoms with van der Waals surface area (Å²) in [5.74, 6) is -0.833. The third-order valence-electron chi connectivity index (χ3n) is 0.705. The molecular weight excluding hydrogens is 151 g/mol. The third kappa shape index (κ3) is 25.6. The summed E-state index contributed by atoms with van der Waals surface area (Å²) in [7, 11) is -0.826. The summed E-state index contributed by atoms with van der Waals surface area (Å²) in [6.45, 7) is 4.98. The van der Waals surface area contributed by atoms with Crippen LogP contribution in [-0.4, -0.2) is 23.4 Å². The van der Waals surface area contributed by atoms with Crippen molar-refractivity contribution in [2.24, 2.45) is 0 Å². The van der Waals surface area contributed by atoms with Crippen LogP contribution in [0.5, 0.6) is 0 Å². The van der Waals surface area contributed by atoms with Gasteiger partial charge in [-0.15, -0.1) is 0 Å². The second-order valence-electron chi connectivity index (χ2n) is 1.63. The molecule has 0 aliphatic carbocycles. The van der Waals surface area contributed by atoms with E-state index in [1.807, 2.05) is 13.8 Å². The summed E-state index contributed by atoms with van der Waals surface area (Å²) in [5.41, 5.74) is 0. The Morgan fingerprint density at radius 3 is 1.60 bits per heavy atom. The Kier molecular flexibility index (Phi) is 10.5. The minimum atomic E-state index is -0.833. The fourth-order valence-electron chi connectivity index (χ4n) is 0.224. The molecular formula is C6H14O3P+. The molecule has 0 fully saturated rings. The highest BCUT2D eigenvalue weighted by Crippen LogP contribution is 2.16. The summed E-state index contributed by atoms with van der Waals surface area (Å²) in [6, 6.07) is 0. The normalized spacial score (nSPS) is 7.50. The Hall–Kier alpha value is -0.430. The Balaban J connectivity index is 0. The first kappa shape index (κ1) is 12.3. The van der Waals surface area contributed by atoms with Gasteiger partial charge in [0.1, 0.15) is 12.3 Å². The summed E-state index contributed by atoms with van der Waals surface area (Å²) in [6.07, 6.45) is 1.68. The van der Waals surface area contributed by atoms with Gasteiger partial charge in [0.25, 0.3) is 5.97 Å². The van der Waals surface area contributed by atoms with E-state index in [4.69, 9.17) is 9.90 Å². The molecule has 0 saturated heterocycles. The molecule has 0 aromatic rings. The van der Waals surface area contributed by atoms with Gasteiger partial charge in [-0.05, 0) is 13.8 Å². The van der Waals surface area contributed by atoms with Crippen LogP contribution in [0.15, 0.2) is 0 Å². The first-order valence-electron chi connectivity index (χ1n) is 3.16. The van der Waals surface area contributed by atoms with Gasteiger partial charge in [0.05, 0.1) is 0 Å². The quantitative estimate of drug-likeness (QED) is 0.636. The van der Waals surface area contributed by atoms with Gasteiger partial charge in [-0.3, -0.25) is 4.79 Å². The van der Waals surface area contributed by atoms with Crippen molar-refractivity contribution in [1.82, 2.24) is 0 Å². The van der Waals surface area contributed by atoms with Gasteiger partial charge >= 0.3 is 7.80 Å². The number of carboxylic acids is 1. The molecule has 4 heteroatoms. The van der Waals surface area contributed by atoms with Crippen LogP contribution in [0.2, 0.25) is 0 Å². The van der Waals surface area contributed by atoms with Crippen molar-refractivity contribution in [3.05, 3.63) is 0 Å². The maximum absolute atomic E-state index is 10.3. The first-order chi connectivity index (χ1) is 4.54. The SMILES string of the molecule is CC(=O)O.CC[P+](=O)CC. The summed E-state index contributed by atoms with van der Waals surface area (Å²) >= 11 is 0. The average Bonchev–Trinajstić information content (AvgIpc) is 1.85. The van der Waals surface area contributed by atoms with Gasteiger partial charge in [-0.1, -0.05) is 4.57 Å². The van der Waals surface area contributed by atoms with Gasteiger partial charge in [0.2, 0.25) is 0 Å². The molecule has 0 saturated carbocycles. The van der Waals surface area contributed by atoms with Crippen LogP contribution in [0, 0.1) is 0 Å². The van der Waals surface area contributed by atoms with Crippen molar-refractivity contribution in [1.29, 1.82) is 0 Å². The number of aliphatic carboxylic acids is 1. The largest absolute Gasteiger partial charge is 0.481 e. The van der Waals surface area contributed by atoms with E-state index in [2.05, 4.69) is 0 Å². The van der Waals surface area contributed by atoms with Crippen LogP contribution in [-0.2, 0) is 9.36 Å². The lowest BCUT2D eigenvalue weighted by atomic mass is 10.9. The van der Waals surface area contributed by atoms with Gasteiger partial charge in [-0.25, -0.2) is 0 Å². The van der Waals surface area contributed by atoms with Crippen molar-refractivity contribution in [3.63, 3.8) is 0 Å². The van der Waals surface area contributed by atoms with Crippen LogP contribution in [0.25, 0.3) is 0 Å². The molecule has 0 aromatic heterocycles. The van der Waals surface area contributed by atoms with E-state index in [0.29, 0.717) is 0 Å². The molecule has 0 unspecified atom stereocenters. The van der Waals surface area contributed by atoms with Crippen molar-refractivity contribution in [2.75, 3.05) is 12.3 Å². The molecule has 0 aromatic carbocycles. The molecule has 60 valence electrons. The Labute approximate surface area is 62.2 Å². The smallest absolute Gasteiger partial charge is 0.338 e. The highest BCUT2D eigenvalue weighted by molar-refractivity contribution is 7.44. The lowest BCUT2D eigenvalue weighted by molar-refractivity contribution is -0.134. The zero-order chi connectivity index (χ0) is 8.57. The molecule has 0 radical (unpaired) electrons. The number of rotatable bonds is 2. The summed E-state index contributed by atoms with van der Waals surface area (Å²) in [4.78, 5) is 9.00. The minimum absolute atomic E-state index is 0.826. The highest BCUT2D eigenvalue weighted by atomic mass is 31.1. The zero-order valence-electron chi connectivity index (χ0n) is 6.63. The van der Waals surface area contributed by atoms with Crippen LogP contribution in [0.4, 0.5) is 0 Å². The molecule has 3 nitrogen and oxygen atoms in total. The number of carbonyl (C=O) groups is 1. The maximum atomic E-state index is 10.3. The molecule has 0 bridgehead atoms. The summed E-state index contributed by atoms with van der Waals surface area (Å²) < 4.78 is 10.3. The fraction of sp³-hybridized carbons (Fsp3) is 0.833.